The average molecular weight is 213 g/mol. The number of halogens is 1. The zero-order chi connectivity index (χ0) is 10.0. The van der Waals surface area contributed by atoms with Crippen molar-refractivity contribution in [3.63, 3.8) is 0 Å². The first-order valence-corrected chi connectivity index (χ1v) is 4.34. The lowest BCUT2D eigenvalue weighted by Gasteiger charge is -2.38. The molecule has 0 bridgehead atoms. The van der Waals surface area contributed by atoms with Crippen LogP contribution < -0.4 is 0 Å². The maximum absolute atomic E-state index is 9.40. The van der Waals surface area contributed by atoms with Crippen molar-refractivity contribution < 1.29 is 24.8 Å². The summed E-state index contributed by atoms with van der Waals surface area (Å²) in [4.78, 5) is 0. The highest BCUT2D eigenvalue weighted by Crippen LogP contribution is 2.25. The summed E-state index contributed by atoms with van der Waals surface area (Å²) in [6.45, 7) is -0.322. The SMILES string of the molecule is CO[C@H]1OC(CO)[C@@H](Cl)[C@@H](O)C1O. The molecule has 0 aromatic carbocycles. The molecule has 0 saturated carbocycles. The van der Waals surface area contributed by atoms with E-state index in [9.17, 15) is 10.2 Å². The van der Waals surface area contributed by atoms with Crippen LogP contribution in [0.2, 0.25) is 0 Å². The van der Waals surface area contributed by atoms with Gasteiger partial charge in [0, 0.05) is 7.11 Å². The summed E-state index contributed by atoms with van der Waals surface area (Å²) in [5.74, 6) is 0. The predicted octanol–water partition coefficient (Wildman–Crippen LogP) is -1.32. The molecule has 3 N–H and O–H groups in total. The third-order valence-electron chi connectivity index (χ3n) is 2.03. The number of aliphatic hydroxyl groups is 3. The fourth-order valence-corrected chi connectivity index (χ4v) is 1.52. The van der Waals surface area contributed by atoms with E-state index >= 15 is 0 Å². The molecule has 78 valence electrons. The Labute approximate surface area is 80.8 Å². The van der Waals surface area contributed by atoms with E-state index in [1.165, 1.54) is 7.11 Å². The Morgan fingerprint density at radius 1 is 1.38 bits per heavy atom. The van der Waals surface area contributed by atoms with Crippen LogP contribution in [0.1, 0.15) is 0 Å². The van der Waals surface area contributed by atoms with Crippen molar-refractivity contribution in [1.82, 2.24) is 0 Å². The lowest BCUT2D eigenvalue weighted by atomic mass is 10.0. The summed E-state index contributed by atoms with van der Waals surface area (Å²) in [5.41, 5.74) is 0. The fourth-order valence-electron chi connectivity index (χ4n) is 1.24. The molecule has 0 spiro atoms. The zero-order valence-corrected chi connectivity index (χ0v) is 7.89. The maximum atomic E-state index is 9.40. The second-order valence-electron chi connectivity index (χ2n) is 2.89. The molecule has 0 aromatic heterocycles. The van der Waals surface area contributed by atoms with Crippen molar-refractivity contribution in [2.24, 2.45) is 0 Å². The van der Waals surface area contributed by atoms with Crippen LogP contribution in [-0.4, -0.2) is 59.0 Å². The van der Waals surface area contributed by atoms with Gasteiger partial charge in [0.15, 0.2) is 6.29 Å². The van der Waals surface area contributed by atoms with Crippen molar-refractivity contribution in [2.45, 2.75) is 30.0 Å². The van der Waals surface area contributed by atoms with Crippen LogP contribution in [0.5, 0.6) is 0 Å². The van der Waals surface area contributed by atoms with E-state index in [2.05, 4.69) is 0 Å². The van der Waals surface area contributed by atoms with E-state index in [-0.39, 0.29) is 6.61 Å². The van der Waals surface area contributed by atoms with Crippen LogP contribution in [0.15, 0.2) is 0 Å². The number of hydrogen-bond donors (Lipinski definition) is 3. The molecule has 1 saturated heterocycles. The zero-order valence-electron chi connectivity index (χ0n) is 7.13. The minimum Gasteiger partial charge on any atom is -0.394 e. The standard InChI is InChI=1S/C7H13ClO5/c1-12-7-6(11)5(10)4(8)3(2-9)13-7/h3-7,9-11H,2H2,1H3/t3?,4-,5-,6?,7+/m1/s1. The van der Waals surface area contributed by atoms with Gasteiger partial charge in [0.1, 0.15) is 18.3 Å². The molecule has 1 heterocycles. The van der Waals surface area contributed by atoms with Gasteiger partial charge in [-0.25, -0.2) is 0 Å². The lowest BCUT2D eigenvalue weighted by molar-refractivity contribution is -0.260. The van der Waals surface area contributed by atoms with E-state index < -0.39 is 30.0 Å². The van der Waals surface area contributed by atoms with Crippen LogP contribution in [0.25, 0.3) is 0 Å². The lowest BCUT2D eigenvalue weighted by Crippen LogP contribution is -2.56. The first-order chi connectivity index (χ1) is 6.11. The smallest absolute Gasteiger partial charge is 0.186 e. The summed E-state index contributed by atoms with van der Waals surface area (Å²) in [7, 11) is 1.34. The normalized spacial score (nSPS) is 46.4. The molecule has 5 nitrogen and oxygen atoms in total. The van der Waals surface area contributed by atoms with Gasteiger partial charge in [-0.15, -0.1) is 11.6 Å². The van der Waals surface area contributed by atoms with Gasteiger partial charge in [0.2, 0.25) is 0 Å². The van der Waals surface area contributed by atoms with Crippen molar-refractivity contribution in [3.8, 4) is 0 Å². The molecule has 1 rings (SSSR count). The van der Waals surface area contributed by atoms with Gasteiger partial charge in [0.25, 0.3) is 0 Å². The highest BCUT2D eigenvalue weighted by Gasteiger charge is 2.43. The van der Waals surface area contributed by atoms with Gasteiger partial charge in [-0.1, -0.05) is 0 Å². The van der Waals surface area contributed by atoms with Gasteiger partial charge in [-0.2, -0.15) is 0 Å². The van der Waals surface area contributed by atoms with Crippen LogP contribution in [0, 0.1) is 0 Å². The molecular formula is C7H13ClO5. The summed E-state index contributed by atoms with van der Waals surface area (Å²) in [5, 5.41) is 26.7. The number of alkyl halides is 1. The predicted molar refractivity (Wildman–Crippen MR) is 44.4 cm³/mol. The molecule has 0 aliphatic carbocycles. The van der Waals surface area contributed by atoms with E-state index in [1.807, 2.05) is 0 Å². The first kappa shape index (κ1) is 11.2. The van der Waals surface area contributed by atoms with Crippen LogP contribution in [0.3, 0.4) is 0 Å². The Kier molecular flexibility index (Phi) is 3.90. The Balaban J connectivity index is 2.66. The Hall–Kier alpha value is 0.0900. The van der Waals surface area contributed by atoms with Crippen molar-refractivity contribution >= 4 is 11.6 Å². The molecule has 5 atom stereocenters. The molecule has 13 heavy (non-hydrogen) atoms. The number of ether oxygens (including phenoxy) is 2. The Bertz CT molecular complexity index is 147. The second-order valence-corrected chi connectivity index (χ2v) is 3.39. The highest BCUT2D eigenvalue weighted by atomic mass is 35.5. The maximum Gasteiger partial charge on any atom is 0.186 e. The van der Waals surface area contributed by atoms with Crippen molar-refractivity contribution in [2.75, 3.05) is 13.7 Å². The largest absolute Gasteiger partial charge is 0.394 e. The van der Waals surface area contributed by atoms with Gasteiger partial charge in [0.05, 0.1) is 12.0 Å². The molecule has 1 aliphatic heterocycles. The monoisotopic (exact) mass is 212 g/mol. The summed E-state index contributed by atoms with van der Waals surface area (Å²) in [6, 6.07) is 0. The first-order valence-electron chi connectivity index (χ1n) is 3.91. The molecule has 2 unspecified atom stereocenters. The molecule has 0 amide bonds. The quantitative estimate of drug-likeness (QED) is 0.495. The summed E-state index contributed by atoms with van der Waals surface area (Å²) in [6.07, 6.45) is -4.00. The molecule has 1 aliphatic rings. The average Bonchev–Trinajstić information content (AvgIpc) is 2.15. The summed E-state index contributed by atoms with van der Waals surface area (Å²) < 4.78 is 9.82. The van der Waals surface area contributed by atoms with Gasteiger partial charge in [-0.05, 0) is 0 Å². The second kappa shape index (κ2) is 4.54. The topological polar surface area (TPSA) is 79.2 Å². The van der Waals surface area contributed by atoms with Crippen molar-refractivity contribution in [3.05, 3.63) is 0 Å². The molecule has 0 radical (unpaired) electrons. The van der Waals surface area contributed by atoms with E-state index in [0.717, 1.165) is 0 Å². The minimum absolute atomic E-state index is 0.322. The molecule has 1 fully saturated rings. The molecular weight excluding hydrogens is 200 g/mol. The Morgan fingerprint density at radius 2 is 2.00 bits per heavy atom. The number of methoxy groups -OCH3 is 1. The number of hydrogen-bond acceptors (Lipinski definition) is 5. The molecule has 6 heteroatoms. The van der Waals surface area contributed by atoms with E-state index in [4.69, 9.17) is 26.2 Å². The number of aliphatic hydroxyl groups excluding tert-OH is 3. The third-order valence-corrected chi connectivity index (χ3v) is 2.57. The fraction of sp³-hybridized carbons (Fsp3) is 1.00. The van der Waals surface area contributed by atoms with Crippen molar-refractivity contribution in [1.29, 1.82) is 0 Å². The van der Waals surface area contributed by atoms with Crippen LogP contribution >= 0.6 is 11.6 Å². The van der Waals surface area contributed by atoms with Gasteiger partial charge >= 0.3 is 0 Å². The Morgan fingerprint density at radius 3 is 2.46 bits per heavy atom. The van der Waals surface area contributed by atoms with Gasteiger partial charge < -0.3 is 24.8 Å². The molecule has 0 aromatic rings. The van der Waals surface area contributed by atoms with E-state index in [1.54, 1.807) is 0 Å². The van der Waals surface area contributed by atoms with Gasteiger partial charge in [-0.3, -0.25) is 0 Å². The third kappa shape index (κ3) is 2.12. The van der Waals surface area contributed by atoms with Crippen LogP contribution in [-0.2, 0) is 9.47 Å². The van der Waals surface area contributed by atoms with Crippen LogP contribution in [0.4, 0.5) is 0 Å². The van der Waals surface area contributed by atoms with E-state index in [0.29, 0.717) is 0 Å². The minimum atomic E-state index is -1.18. The number of rotatable bonds is 2. The highest BCUT2D eigenvalue weighted by molar-refractivity contribution is 6.21. The summed E-state index contributed by atoms with van der Waals surface area (Å²) >= 11 is 5.70.